The molecule has 0 spiro atoms. The summed E-state index contributed by atoms with van der Waals surface area (Å²) in [6.07, 6.45) is 7.18. The molecule has 0 bridgehead atoms. The van der Waals surface area contributed by atoms with E-state index in [1.165, 1.54) is 19.3 Å². The lowest BCUT2D eigenvalue weighted by molar-refractivity contribution is -0.123. The maximum absolute atomic E-state index is 12.0. The number of likely N-dealkylation sites (tertiary alicyclic amines) is 1. The van der Waals surface area contributed by atoms with Gasteiger partial charge in [0, 0.05) is 18.6 Å². The molecular weight excluding hydrogens is 262 g/mol. The minimum atomic E-state index is 0. The Morgan fingerprint density at radius 3 is 2.68 bits per heavy atom. The quantitative estimate of drug-likeness (QED) is 0.828. The topological polar surface area (TPSA) is 58.4 Å². The van der Waals surface area contributed by atoms with Crippen molar-refractivity contribution in [2.45, 2.75) is 57.5 Å². The maximum Gasteiger partial charge on any atom is 0.234 e. The zero-order chi connectivity index (χ0) is 13.0. The molecule has 4 nitrogen and oxygen atoms in total. The minimum Gasteiger partial charge on any atom is -0.352 e. The number of piperidine rings is 1. The normalized spacial score (nSPS) is 32.4. The molecule has 2 fully saturated rings. The Balaban J connectivity index is 0.00000180. The summed E-state index contributed by atoms with van der Waals surface area (Å²) in [7, 11) is 0. The van der Waals surface area contributed by atoms with Gasteiger partial charge in [-0.2, -0.15) is 0 Å². The van der Waals surface area contributed by atoms with Crippen LogP contribution >= 0.6 is 12.4 Å². The molecule has 3 N–H and O–H groups in total. The van der Waals surface area contributed by atoms with Crippen LogP contribution in [0.4, 0.5) is 0 Å². The van der Waals surface area contributed by atoms with Crippen molar-refractivity contribution in [2.75, 3.05) is 19.6 Å². The van der Waals surface area contributed by atoms with Gasteiger partial charge < -0.3 is 11.1 Å². The van der Waals surface area contributed by atoms with E-state index >= 15 is 0 Å². The molecule has 2 aliphatic rings. The highest BCUT2D eigenvalue weighted by Gasteiger charge is 2.24. The van der Waals surface area contributed by atoms with Crippen LogP contribution in [0.25, 0.3) is 0 Å². The molecule has 2 unspecified atom stereocenters. The van der Waals surface area contributed by atoms with Crippen molar-refractivity contribution in [1.29, 1.82) is 0 Å². The molecule has 1 saturated heterocycles. The summed E-state index contributed by atoms with van der Waals surface area (Å²) in [4.78, 5) is 14.2. The summed E-state index contributed by atoms with van der Waals surface area (Å²) in [5.74, 6) is 0.814. The van der Waals surface area contributed by atoms with E-state index in [-0.39, 0.29) is 24.4 Å². The SMILES string of the molecule is CC1CCCCC1NC(=O)CN1CCC[C@@H](N)C1.Cl. The van der Waals surface area contributed by atoms with Gasteiger partial charge in [0.2, 0.25) is 5.91 Å². The van der Waals surface area contributed by atoms with Gasteiger partial charge in [-0.05, 0) is 38.1 Å². The number of hydrogen-bond donors (Lipinski definition) is 2. The molecule has 5 heteroatoms. The van der Waals surface area contributed by atoms with Gasteiger partial charge in [-0.3, -0.25) is 9.69 Å². The Labute approximate surface area is 122 Å². The first-order chi connectivity index (χ1) is 8.65. The van der Waals surface area contributed by atoms with Crippen LogP contribution in [0.2, 0.25) is 0 Å². The number of amides is 1. The molecule has 2 rings (SSSR count). The fourth-order valence-electron chi connectivity index (χ4n) is 3.22. The number of halogens is 1. The third kappa shape index (κ3) is 5.28. The maximum atomic E-state index is 12.0. The summed E-state index contributed by atoms with van der Waals surface area (Å²) in [5.41, 5.74) is 5.93. The van der Waals surface area contributed by atoms with Gasteiger partial charge in [0.15, 0.2) is 0 Å². The van der Waals surface area contributed by atoms with Crippen LogP contribution in [0.1, 0.15) is 45.4 Å². The van der Waals surface area contributed by atoms with Crippen molar-refractivity contribution >= 4 is 18.3 Å². The summed E-state index contributed by atoms with van der Waals surface area (Å²) >= 11 is 0. The Morgan fingerprint density at radius 1 is 1.26 bits per heavy atom. The third-order valence-electron chi connectivity index (χ3n) is 4.37. The highest BCUT2D eigenvalue weighted by molar-refractivity contribution is 5.85. The van der Waals surface area contributed by atoms with Gasteiger partial charge >= 0.3 is 0 Å². The van der Waals surface area contributed by atoms with Gasteiger partial charge in [0.25, 0.3) is 0 Å². The predicted octanol–water partition coefficient (Wildman–Crippen LogP) is 1.53. The number of carbonyl (C=O) groups excluding carboxylic acids is 1. The zero-order valence-corrected chi connectivity index (χ0v) is 12.8. The Kier molecular flexibility index (Phi) is 7.11. The van der Waals surface area contributed by atoms with Crippen LogP contribution < -0.4 is 11.1 Å². The summed E-state index contributed by atoms with van der Waals surface area (Å²) < 4.78 is 0. The molecule has 112 valence electrons. The van der Waals surface area contributed by atoms with E-state index in [0.717, 1.165) is 32.4 Å². The van der Waals surface area contributed by atoms with E-state index in [1.807, 2.05) is 0 Å². The summed E-state index contributed by atoms with van der Waals surface area (Å²) in [5, 5.41) is 3.21. The number of nitrogens with zero attached hydrogens (tertiary/aromatic N) is 1. The molecule has 1 heterocycles. The lowest BCUT2D eigenvalue weighted by atomic mass is 9.86. The third-order valence-corrected chi connectivity index (χ3v) is 4.37. The van der Waals surface area contributed by atoms with Gasteiger partial charge in [-0.1, -0.05) is 19.8 Å². The molecule has 0 aromatic rings. The lowest BCUT2D eigenvalue weighted by Crippen LogP contribution is -2.49. The molecule has 1 aliphatic heterocycles. The van der Waals surface area contributed by atoms with E-state index in [4.69, 9.17) is 5.73 Å². The van der Waals surface area contributed by atoms with Crippen molar-refractivity contribution in [3.63, 3.8) is 0 Å². The van der Waals surface area contributed by atoms with Crippen LogP contribution in [0.15, 0.2) is 0 Å². The van der Waals surface area contributed by atoms with Gasteiger partial charge in [-0.15, -0.1) is 12.4 Å². The summed E-state index contributed by atoms with van der Waals surface area (Å²) in [6, 6.07) is 0.643. The zero-order valence-electron chi connectivity index (χ0n) is 11.9. The van der Waals surface area contributed by atoms with Crippen molar-refractivity contribution in [3.05, 3.63) is 0 Å². The van der Waals surface area contributed by atoms with Crippen LogP contribution in [-0.2, 0) is 4.79 Å². The van der Waals surface area contributed by atoms with Crippen molar-refractivity contribution in [2.24, 2.45) is 11.7 Å². The summed E-state index contributed by atoms with van der Waals surface area (Å²) in [6.45, 7) is 4.66. The van der Waals surface area contributed by atoms with E-state index in [0.29, 0.717) is 18.5 Å². The smallest absolute Gasteiger partial charge is 0.234 e. The van der Waals surface area contributed by atoms with Crippen molar-refractivity contribution in [3.8, 4) is 0 Å². The Morgan fingerprint density at radius 2 is 2.00 bits per heavy atom. The fourth-order valence-corrected chi connectivity index (χ4v) is 3.22. The second-order valence-corrected chi connectivity index (χ2v) is 6.07. The van der Waals surface area contributed by atoms with Crippen molar-refractivity contribution in [1.82, 2.24) is 10.2 Å². The van der Waals surface area contributed by atoms with E-state index < -0.39 is 0 Å². The van der Waals surface area contributed by atoms with E-state index in [2.05, 4.69) is 17.1 Å². The Hall–Kier alpha value is -0.320. The van der Waals surface area contributed by atoms with Crippen LogP contribution in [-0.4, -0.2) is 42.5 Å². The largest absolute Gasteiger partial charge is 0.352 e. The van der Waals surface area contributed by atoms with Gasteiger partial charge in [0.05, 0.1) is 6.54 Å². The molecule has 0 radical (unpaired) electrons. The molecule has 0 aromatic carbocycles. The second kappa shape index (κ2) is 8.08. The standard InChI is InChI=1S/C14H27N3O.ClH/c1-11-5-2-3-7-13(11)16-14(18)10-17-8-4-6-12(15)9-17;/h11-13H,2-10,15H2,1H3,(H,16,18);1H/t11?,12-,13?;/m1./s1. The number of rotatable bonds is 3. The first-order valence-corrected chi connectivity index (χ1v) is 7.42. The molecule has 1 amide bonds. The first-order valence-electron chi connectivity index (χ1n) is 7.42. The lowest BCUT2D eigenvalue weighted by Gasteiger charge is -2.33. The minimum absolute atomic E-state index is 0. The molecule has 3 atom stereocenters. The van der Waals surface area contributed by atoms with E-state index in [9.17, 15) is 4.79 Å². The number of nitrogens with two attached hydrogens (primary N) is 1. The highest BCUT2D eigenvalue weighted by Crippen LogP contribution is 2.23. The molecule has 1 saturated carbocycles. The highest BCUT2D eigenvalue weighted by atomic mass is 35.5. The van der Waals surface area contributed by atoms with Crippen LogP contribution in [0, 0.1) is 5.92 Å². The van der Waals surface area contributed by atoms with Crippen LogP contribution in [0.5, 0.6) is 0 Å². The average Bonchev–Trinajstić information content (AvgIpc) is 2.32. The Bertz CT molecular complexity index is 288. The average molecular weight is 290 g/mol. The van der Waals surface area contributed by atoms with Crippen molar-refractivity contribution < 1.29 is 4.79 Å². The molecular formula is C14H28ClN3O. The van der Waals surface area contributed by atoms with Gasteiger partial charge in [-0.25, -0.2) is 0 Å². The molecule has 0 aromatic heterocycles. The fraction of sp³-hybridized carbons (Fsp3) is 0.929. The number of nitrogens with one attached hydrogen (secondary N) is 1. The van der Waals surface area contributed by atoms with Crippen LogP contribution in [0.3, 0.4) is 0 Å². The number of hydrogen-bond acceptors (Lipinski definition) is 3. The van der Waals surface area contributed by atoms with E-state index in [1.54, 1.807) is 0 Å². The first kappa shape index (κ1) is 16.7. The molecule has 1 aliphatic carbocycles. The monoisotopic (exact) mass is 289 g/mol. The predicted molar refractivity (Wildman–Crippen MR) is 80.5 cm³/mol. The number of carbonyl (C=O) groups is 1. The van der Waals surface area contributed by atoms with Gasteiger partial charge in [0.1, 0.15) is 0 Å². The molecule has 19 heavy (non-hydrogen) atoms. The second-order valence-electron chi connectivity index (χ2n) is 6.07.